The molecule has 0 saturated heterocycles. The Hall–Kier alpha value is -3.76. The molecule has 2 heterocycles. The second-order valence-corrected chi connectivity index (χ2v) is 10.1. The maximum atomic E-state index is 12.8. The molecular formula is C28H26F3N3O3S. The maximum absolute atomic E-state index is 12.8. The molecular weight excluding hydrogens is 515 g/mol. The van der Waals surface area contributed by atoms with Crippen molar-refractivity contribution in [3.63, 3.8) is 0 Å². The first kappa shape index (κ1) is 25.9. The molecule has 2 aromatic carbocycles. The Morgan fingerprint density at radius 1 is 1.16 bits per heavy atom. The third kappa shape index (κ3) is 5.56. The highest BCUT2D eigenvalue weighted by atomic mass is 32.1. The zero-order valence-corrected chi connectivity index (χ0v) is 21.4. The smallest absolute Gasteiger partial charge is 0.466 e. The fourth-order valence-electron chi connectivity index (χ4n) is 4.80. The number of halogens is 3. The molecule has 198 valence electrons. The topological polar surface area (TPSA) is 92.5 Å². The van der Waals surface area contributed by atoms with Crippen LogP contribution in [-0.4, -0.2) is 29.5 Å². The molecule has 5 rings (SSSR count). The number of allylic oxidation sites excluding steroid dienone is 2. The van der Waals surface area contributed by atoms with E-state index in [0.29, 0.717) is 24.0 Å². The van der Waals surface area contributed by atoms with Crippen LogP contribution in [0.15, 0.2) is 65.8 Å². The van der Waals surface area contributed by atoms with E-state index in [1.807, 2.05) is 46.5 Å². The van der Waals surface area contributed by atoms with Crippen molar-refractivity contribution < 1.29 is 27.4 Å². The summed E-state index contributed by atoms with van der Waals surface area (Å²) in [6.45, 7) is 2.43. The molecule has 38 heavy (non-hydrogen) atoms. The third-order valence-electron chi connectivity index (χ3n) is 6.34. The van der Waals surface area contributed by atoms with Gasteiger partial charge in [0.25, 0.3) is 0 Å². The van der Waals surface area contributed by atoms with E-state index >= 15 is 0 Å². The molecule has 4 aromatic rings. The number of nitrogens with two attached hydrogens (primary N) is 2. The summed E-state index contributed by atoms with van der Waals surface area (Å²) in [5, 5.41) is 3.49. The molecule has 10 heteroatoms. The number of alkyl halides is 3. The number of rotatable bonds is 7. The summed E-state index contributed by atoms with van der Waals surface area (Å²) in [5.74, 6) is -0.598. The molecule has 0 saturated carbocycles. The lowest BCUT2D eigenvalue weighted by atomic mass is 9.94. The van der Waals surface area contributed by atoms with Crippen LogP contribution in [0, 0.1) is 0 Å². The molecule has 6 nitrogen and oxygen atoms in total. The van der Waals surface area contributed by atoms with Crippen LogP contribution >= 0.6 is 11.3 Å². The van der Waals surface area contributed by atoms with Gasteiger partial charge in [0.15, 0.2) is 0 Å². The standard InChI is InChI=1S/C28H26F3N3O3S/c1-2-36-27(35)10-18-13-34(14-19-15-38-26-6-4-22(12-24(19)26)37-28(29,30)31)25-9-16(3-5-23(18)25)17-7-20(32)11-21(33)8-17/h3-9,12-13,15,20H,2,10-11,14,32-33H2,1H3. The summed E-state index contributed by atoms with van der Waals surface area (Å²) in [5.41, 5.74) is 17.3. The van der Waals surface area contributed by atoms with E-state index in [4.69, 9.17) is 16.2 Å². The number of esters is 1. The van der Waals surface area contributed by atoms with Gasteiger partial charge in [0.2, 0.25) is 0 Å². The quantitative estimate of drug-likeness (QED) is 0.286. The number of aromatic nitrogens is 1. The molecule has 2 aromatic heterocycles. The lowest BCUT2D eigenvalue weighted by Crippen LogP contribution is -2.23. The maximum Gasteiger partial charge on any atom is 0.573 e. The van der Waals surface area contributed by atoms with Crippen LogP contribution in [0.3, 0.4) is 0 Å². The van der Waals surface area contributed by atoms with E-state index in [-0.39, 0.29) is 30.8 Å². The number of nitrogens with zero attached hydrogens (tertiary/aromatic N) is 1. The van der Waals surface area contributed by atoms with Crippen molar-refractivity contribution in [1.82, 2.24) is 4.57 Å². The van der Waals surface area contributed by atoms with Crippen LogP contribution < -0.4 is 16.2 Å². The van der Waals surface area contributed by atoms with Gasteiger partial charge in [-0.15, -0.1) is 24.5 Å². The van der Waals surface area contributed by atoms with E-state index in [1.54, 1.807) is 13.0 Å². The first-order valence-electron chi connectivity index (χ1n) is 12.1. The van der Waals surface area contributed by atoms with E-state index < -0.39 is 6.36 Å². The van der Waals surface area contributed by atoms with Crippen molar-refractivity contribution in [2.75, 3.05) is 6.61 Å². The summed E-state index contributed by atoms with van der Waals surface area (Å²) in [6, 6.07) is 10.1. The lowest BCUT2D eigenvalue weighted by molar-refractivity contribution is -0.274. The average Bonchev–Trinajstić information content (AvgIpc) is 3.38. The van der Waals surface area contributed by atoms with Crippen molar-refractivity contribution in [3.8, 4) is 5.75 Å². The Labute approximate surface area is 220 Å². The van der Waals surface area contributed by atoms with Crippen LogP contribution in [0.4, 0.5) is 13.2 Å². The number of ether oxygens (including phenoxy) is 2. The van der Waals surface area contributed by atoms with Crippen LogP contribution in [0.25, 0.3) is 26.6 Å². The number of carbonyl (C=O) groups excluding carboxylic acids is 1. The van der Waals surface area contributed by atoms with Gasteiger partial charge in [-0.2, -0.15) is 0 Å². The highest BCUT2D eigenvalue weighted by Crippen LogP contribution is 2.34. The predicted molar refractivity (Wildman–Crippen MR) is 143 cm³/mol. The van der Waals surface area contributed by atoms with Crippen LogP contribution in [0.1, 0.15) is 30.0 Å². The fourth-order valence-corrected chi connectivity index (χ4v) is 5.73. The molecule has 1 atom stereocenters. The summed E-state index contributed by atoms with van der Waals surface area (Å²) in [7, 11) is 0. The largest absolute Gasteiger partial charge is 0.573 e. The molecule has 1 aliphatic rings. The monoisotopic (exact) mass is 541 g/mol. The number of thiophene rings is 1. The molecule has 0 bridgehead atoms. The summed E-state index contributed by atoms with van der Waals surface area (Å²) < 4.78 is 50.6. The summed E-state index contributed by atoms with van der Waals surface area (Å²) in [4.78, 5) is 12.3. The predicted octanol–water partition coefficient (Wildman–Crippen LogP) is 5.87. The van der Waals surface area contributed by atoms with Crippen molar-refractivity contribution in [2.24, 2.45) is 11.5 Å². The average molecular weight is 542 g/mol. The van der Waals surface area contributed by atoms with Gasteiger partial charge in [0.05, 0.1) is 13.0 Å². The van der Waals surface area contributed by atoms with Crippen LogP contribution in [0.2, 0.25) is 0 Å². The van der Waals surface area contributed by atoms with Gasteiger partial charge < -0.3 is 25.5 Å². The Bertz CT molecular complexity index is 1580. The zero-order chi connectivity index (χ0) is 27.0. The number of hydrogen-bond acceptors (Lipinski definition) is 6. The van der Waals surface area contributed by atoms with Crippen molar-refractivity contribution in [2.45, 2.75) is 38.7 Å². The highest BCUT2D eigenvalue weighted by Gasteiger charge is 2.31. The Morgan fingerprint density at radius 2 is 1.97 bits per heavy atom. The van der Waals surface area contributed by atoms with Gasteiger partial charge in [-0.05, 0) is 64.9 Å². The molecule has 1 unspecified atom stereocenters. The fraction of sp³-hybridized carbons (Fsp3) is 0.250. The van der Waals surface area contributed by atoms with E-state index in [2.05, 4.69) is 4.74 Å². The van der Waals surface area contributed by atoms with Crippen LogP contribution in [0.5, 0.6) is 5.75 Å². The van der Waals surface area contributed by atoms with Gasteiger partial charge >= 0.3 is 12.3 Å². The highest BCUT2D eigenvalue weighted by molar-refractivity contribution is 7.17. The minimum Gasteiger partial charge on any atom is -0.466 e. The van der Waals surface area contributed by atoms with Gasteiger partial charge in [-0.3, -0.25) is 4.79 Å². The second kappa shape index (κ2) is 10.2. The molecule has 0 fully saturated rings. The number of benzene rings is 2. The van der Waals surface area contributed by atoms with Crippen molar-refractivity contribution >= 4 is 43.9 Å². The number of hydrogen-bond donors (Lipinski definition) is 2. The summed E-state index contributed by atoms with van der Waals surface area (Å²) in [6.07, 6.45) is 1.70. The number of fused-ring (bicyclic) bond motifs is 2. The van der Waals surface area contributed by atoms with Gasteiger partial charge in [0, 0.05) is 51.9 Å². The molecule has 0 amide bonds. The minimum absolute atomic E-state index is 0.102. The first-order valence-corrected chi connectivity index (χ1v) is 12.9. The molecule has 0 spiro atoms. The molecule has 0 radical (unpaired) electrons. The SMILES string of the molecule is CCOC(=O)Cc1cn(Cc2csc3ccc(OC(F)(F)F)cc23)c2cc(C3=CC(N)CC(N)=C3)ccc12. The van der Waals surface area contributed by atoms with Crippen molar-refractivity contribution in [1.29, 1.82) is 0 Å². The Morgan fingerprint density at radius 3 is 2.71 bits per heavy atom. The molecule has 4 N–H and O–H groups in total. The van der Waals surface area contributed by atoms with E-state index in [9.17, 15) is 18.0 Å². The van der Waals surface area contributed by atoms with Gasteiger partial charge in [0.1, 0.15) is 5.75 Å². The minimum atomic E-state index is -4.77. The first-order chi connectivity index (χ1) is 18.1. The second-order valence-electron chi connectivity index (χ2n) is 9.17. The zero-order valence-electron chi connectivity index (χ0n) is 20.5. The normalized spacial score (nSPS) is 16.0. The van der Waals surface area contributed by atoms with Crippen molar-refractivity contribution in [3.05, 3.63) is 82.5 Å². The summed E-state index contributed by atoms with van der Waals surface area (Å²) >= 11 is 1.45. The third-order valence-corrected chi connectivity index (χ3v) is 7.36. The van der Waals surface area contributed by atoms with Crippen LogP contribution in [-0.2, 0) is 22.5 Å². The number of carbonyl (C=O) groups is 1. The van der Waals surface area contributed by atoms with E-state index in [1.165, 1.54) is 23.5 Å². The van der Waals surface area contributed by atoms with Gasteiger partial charge in [-0.1, -0.05) is 18.2 Å². The van der Waals surface area contributed by atoms with E-state index in [0.717, 1.165) is 37.9 Å². The molecule has 0 aliphatic heterocycles. The Kier molecular flexibility index (Phi) is 6.93. The van der Waals surface area contributed by atoms with Gasteiger partial charge in [-0.25, -0.2) is 0 Å². The molecule has 1 aliphatic carbocycles. The lowest BCUT2D eigenvalue weighted by Gasteiger charge is -2.17. The Balaban J connectivity index is 1.58.